The molecule has 0 saturated carbocycles. The lowest BCUT2D eigenvalue weighted by molar-refractivity contribution is 0.394. The molecule has 1 aromatic heterocycles. The molecule has 0 spiro atoms. The molecule has 0 atom stereocenters. The first-order valence-electron chi connectivity index (χ1n) is 5.58. The van der Waals surface area contributed by atoms with Gasteiger partial charge in [-0.05, 0) is 18.6 Å². The van der Waals surface area contributed by atoms with Crippen LogP contribution in [0.5, 0.6) is 11.5 Å². The Labute approximate surface area is 106 Å². The molecule has 1 aromatic carbocycles. The van der Waals surface area contributed by atoms with Crippen LogP contribution < -0.4 is 15.2 Å². The molecule has 5 nitrogen and oxygen atoms in total. The van der Waals surface area contributed by atoms with Crippen LogP contribution in [0.1, 0.15) is 5.56 Å². The molecule has 0 aliphatic heterocycles. The van der Waals surface area contributed by atoms with Crippen molar-refractivity contribution in [1.82, 2.24) is 9.55 Å². The van der Waals surface area contributed by atoms with E-state index in [1.54, 1.807) is 20.4 Å². The van der Waals surface area contributed by atoms with Crippen LogP contribution in [0.15, 0.2) is 18.3 Å². The number of imidazole rings is 1. The summed E-state index contributed by atoms with van der Waals surface area (Å²) in [4.78, 5) is 4.11. The molecule has 0 fully saturated rings. The summed E-state index contributed by atoms with van der Waals surface area (Å²) in [7, 11) is 5.15. The van der Waals surface area contributed by atoms with Crippen molar-refractivity contribution in [2.45, 2.75) is 6.92 Å². The second-order valence-corrected chi connectivity index (χ2v) is 4.08. The largest absolute Gasteiger partial charge is 0.497 e. The molecule has 2 N–H and O–H groups in total. The van der Waals surface area contributed by atoms with Gasteiger partial charge in [-0.3, -0.25) is 0 Å². The van der Waals surface area contributed by atoms with Crippen molar-refractivity contribution in [1.29, 1.82) is 0 Å². The smallest absolute Gasteiger partial charge is 0.200 e. The van der Waals surface area contributed by atoms with Gasteiger partial charge in [0.15, 0.2) is 5.95 Å². The summed E-state index contributed by atoms with van der Waals surface area (Å²) in [6.45, 7) is 2.00. The van der Waals surface area contributed by atoms with Crippen LogP contribution in [0.3, 0.4) is 0 Å². The van der Waals surface area contributed by atoms with Crippen molar-refractivity contribution < 1.29 is 9.47 Å². The maximum Gasteiger partial charge on any atom is 0.200 e. The minimum absolute atomic E-state index is 0.474. The quantitative estimate of drug-likeness (QED) is 0.901. The Kier molecular flexibility index (Phi) is 3.14. The fourth-order valence-corrected chi connectivity index (χ4v) is 1.99. The Morgan fingerprint density at radius 3 is 2.44 bits per heavy atom. The number of rotatable bonds is 3. The molecule has 0 unspecified atom stereocenters. The highest BCUT2D eigenvalue weighted by Gasteiger charge is 2.15. The lowest BCUT2D eigenvalue weighted by Gasteiger charge is -2.14. The maximum atomic E-state index is 5.76. The van der Waals surface area contributed by atoms with E-state index >= 15 is 0 Å². The molecule has 0 saturated heterocycles. The molecule has 2 rings (SSSR count). The Morgan fingerprint density at radius 1 is 1.22 bits per heavy atom. The zero-order valence-corrected chi connectivity index (χ0v) is 11.0. The predicted molar refractivity (Wildman–Crippen MR) is 70.9 cm³/mol. The van der Waals surface area contributed by atoms with Gasteiger partial charge in [0.2, 0.25) is 0 Å². The van der Waals surface area contributed by atoms with Crippen LogP contribution >= 0.6 is 0 Å². The van der Waals surface area contributed by atoms with Crippen molar-refractivity contribution in [2.24, 2.45) is 7.05 Å². The molecular formula is C13H17N3O2. The summed E-state index contributed by atoms with van der Waals surface area (Å²) in [5.41, 5.74) is 8.71. The third-order valence-corrected chi connectivity index (χ3v) is 3.01. The molecule has 5 heteroatoms. The Balaban J connectivity index is 2.67. The first-order valence-corrected chi connectivity index (χ1v) is 5.58. The third-order valence-electron chi connectivity index (χ3n) is 3.01. The van der Waals surface area contributed by atoms with Gasteiger partial charge in [0.05, 0.1) is 26.1 Å². The predicted octanol–water partition coefficient (Wildman–Crippen LogP) is 1.99. The molecule has 2 aromatic rings. The average Bonchev–Trinajstić information content (AvgIpc) is 2.69. The molecule has 96 valence electrons. The summed E-state index contributed by atoms with van der Waals surface area (Å²) in [5, 5.41) is 0. The highest BCUT2D eigenvalue weighted by molar-refractivity contribution is 5.73. The van der Waals surface area contributed by atoms with Gasteiger partial charge in [0.1, 0.15) is 11.5 Å². The summed E-state index contributed by atoms with van der Waals surface area (Å²) >= 11 is 0. The summed E-state index contributed by atoms with van der Waals surface area (Å²) in [6.07, 6.45) is 1.74. The molecular weight excluding hydrogens is 230 g/mol. The molecule has 0 bridgehead atoms. The van der Waals surface area contributed by atoms with E-state index in [1.807, 2.05) is 30.7 Å². The van der Waals surface area contributed by atoms with Gasteiger partial charge in [-0.25, -0.2) is 4.98 Å². The first kappa shape index (κ1) is 12.3. The monoisotopic (exact) mass is 247 g/mol. The number of hydrogen-bond acceptors (Lipinski definition) is 4. The molecule has 1 heterocycles. The highest BCUT2D eigenvalue weighted by atomic mass is 16.5. The number of anilines is 1. The number of ether oxygens (including phenoxy) is 2. The topological polar surface area (TPSA) is 62.3 Å². The number of aromatic nitrogens is 2. The summed E-state index contributed by atoms with van der Waals surface area (Å²) < 4.78 is 12.5. The van der Waals surface area contributed by atoms with E-state index in [2.05, 4.69) is 4.98 Å². The fourth-order valence-electron chi connectivity index (χ4n) is 1.99. The van der Waals surface area contributed by atoms with Crippen molar-refractivity contribution >= 4 is 5.95 Å². The highest BCUT2D eigenvalue weighted by Crippen LogP contribution is 2.36. The maximum absolute atomic E-state index is 5.76. The standard InChI is InChI=1S/C13H17N3O2/c1-8-5-9(17-3)6-11(18-4)12(8)10-7-15-13(14)16(10)2/h5-7H,1-4H3,(H2,14,15). The SMILES string of the molecule is COc1cc(C)c(-c2cnc(N)n2C)c(OC)c1. The average molecular weight is 247 g/mol. The Hall–Kier alpha value is -2.17. The van der Waals surface area contributed by atoms with Gasteiger partial charge in [0.25, 0.3) is 0 Å². The van der Waals surface area contributed by atoms with Gasteiger partial charge in [0, 0.05) is 18.7 Å². The van der Waals surface area contributed by atoms with Crippen molar-refractivity contribution in [3.8, 4) is 22.8 Å². The van der Waals surface area contributed by atoms with Gasteiger partial charge < -0.3 is 19.8 Å². The van der Waals surface area contributed by atoms with E-state index in [4.69, 9.17) is 15.2 Å². The van der Waals surface area contributed by atoms with Crippen molar-refractivity contribution in [3.63, 3.8) is 0 Å². The lowest BCUT2D eigenvalue weighted by atomic mass is 10.0. The zero-order valence-electron chi connectivity index (χ0n) is 11.0. The minimum atomic E-state index is 0.474. The number of benzene rings is 1. The minimum Gasteiger partial charge on any atom is -0.497 e. The van der Waals surface area contributed by atoms with Gasteiger partial charge in [-0.1, -0.05) is 0 Å². The van der Waals surface area contributed by atoms with E-state index in [-0.39, 0.29) is 0 Å². The number of methoxy groups -OCH3 is 2. The number of nitrogen functional groups attached to an aromatic ring is 1. The number of aryl methyl sites for hydroxylation is 1. The fraction of sp³-hybridized carbons (Fsp3) is 0.308. The van der Waals surface area contributed by atoms with Gasteiger partial charge >= 0.3 is 0 Å². The lowest BCUT2D eigenvalue weighted by Crippen LogP contribution is -2.01. The molecule has 0 aliphatic rings. The summed E-state index contributed by atoms with van der Waals surface area (Å²) in [5.74, 6) is 1.99. The molecule has 18 heavy (non-hydrogen) atoms. The van der Waals surface area contributed by atoms with Crippen LogP contribution in [0, 0.1) is 6.92 Å². The normalized spacial score (nSPS) is 10.4. The Morgan fingerprint density at radius 2 is 1.94 bits per heavy atom. The zero-order chi connectivity index (χ0) is 13.3. The second kappa shape index (κ2) is 4.60. The van der Waals surface area contributed by atoms with Crippen LogP contribution in [-0.4, -0.2) is 23.8 Å². The van der Waals surface area contributed by atoms with Crippen molar-refractivity contribution in [3.05, 3.63) is 23.9 Å². The number of hydrogen-bond donors (Lipinski definition) is 1. The third kappa shape index (κ3) is 1.88. The van der Waals surface area contributed by atoms with E-state index in [0.29, 0.717) is 5.95 Å². The molecule has 0 radical (unpaired) electrons. The molecule has 0 aliphatic carbocycles. The van der Waals surface area contributed by atoms with Crippen molar-refractivity contribution in [2.75, 3.05) is 20.0 Å². The van der Waals surface area contributed by atoms with E-state index < -0.39 is 0 Å². The first-order chi connectivity index (χ1) is 8.58. The van der Waals surface area contributed by atoms with Gasteiger partial charge in [-0.2, -0.15) is 0 Å². The van der Waals surface area contributed by atoms with E-state index in [1.165, 1.54) is 0 Å². The number of nitrogens with zero attached hydrogens (tertiary/aromatic N) is 2. The van der Waals surface area contributed by atoms with Gasteiger partial charge in [-0.15, -0.1) is 0 Å². The van der Waals surface area contributed by atoms with Crippen LogP contribution in [-0.2, 0) is 7.05 Å². The van der Waals surface area contributed by atoms with Crippen LogP contribution in [0.25, 0.3) is 11.3 Å². The van der Waals surface area contributed by atoms with Crippen LogP contribution in [0.2, 0.25) is 0 Å². The van der Waals surface area contributed by atoms with E-state index in [0.717, 1.165) is 28.3 Å². The van der Waals surface area contributed by atoms with Crippen LogP contribution in [0.4, 0.5) is 5.95 Å². The second-order valence-electron chi connectivity index (χ2n) is 4.08. The number of nitrogens with two attached hydrogens (primary N) is 1. The Bertz CT molecular complexity index is 576. The molecule has 0 amide bonds. The summed E-state index contributed by atoms with van der Waals surface area (Å²) in [6, 6.07) is 3.81. The van der Waals surface area contributed by atoms with E-state index in [9.17, 15) is 0 Å².